The molecule has 0 aliphatic carbocycles. The van der Waals surface area contributed by atoms with Crippen LogP contribution in [0.3, 0.4) is 0 Å². The predicted octanol–water partition coefficient (Wildman–Crippen LogP) is 3.68. The summed E-state index contributed by atoms with van der Waals surface area (Å²) in [6.07, 6.45) is 0. The zero-order chi connectivity index (χ0) is 11.7. The van der Waals surface area contributed by atoms with Crippen molar-refractivity contribution in [2.45, 2.75) is 12.8 Å². The van der Waals surface area contributed by atoms with Gasteiger partial charge in [-0.3, -0.25) is 4.79 Å². The largest absolute Gasteiger partial charge is 0.481 e. The number of carboxylic acids is 1. The van der Waals surface area contributed by atoms with Crippen LogP contribution in [0.25, 0.3) is 10.8 Å². The molecule has 1 N–H and O–H groups in total. The Balaban J connectivity index is 2.69. The van der Waals surface area contributed by atoms with Crippen molar-refractivity contribution in [3.8, 4) is 0 Å². The molecule has 2 aromatic carbocycles. The van der Waals surface area contributed by atoms with E-state index in [9.17, 15) is 4.79 Å². The number of halogens is 1. The highest BCUT2D eigenvalue weighted by Gasteiger charge is 2.16. The van der Waals surface area contributed by atoms with Crippen molar-refractivity contribution in [1.29, 1.82) is 0 Å². The summed E-state index contributed by atoms with van der Waals surface area (Å²) in [6, 6.07) is 11.2. The van der Waals surface area contributed by atoms with E-state index in [0.29, 0.717) is 5.02 Å². The number of benzene rings is 2. The van der Waals surface area contributed by atoms with Gasteiger partial charge in [0.15, 0.2) is 0 Å². The number of hydrogen-bond acceptors (Lipinski definition) is 1. The van der Waals surface area contributed by atoms with Crippen molar-refractivity contribution in [1.82, 2.24) is 0 Å². The summed E-state index contributed by atoms with van der Waals surface area (Å²) in [6.45, 7) is 1.68. The summed E-state index contributed by atoms with van der Waals surface area (Å²) in [5.41, 5.74) is 0.799. The maximum atomic E-state index is 11.0. The first kappa shape index (κ1) is 11.0. The van der Waals surface area contributed by atoms with Gasteiger partial charge in [0.1, 0.15) is 0 Å². The highest BCUT2D eigenvalue weighted by atomic mass is 35.5. The van der Waals surface area contributed by atoms with Gasteiger partial charge in [0.25, 0.3) is 0 Å². The molecular weight excluding hydrogens is 224 g/mol. The van der Waals surface area contributed by atoms with Crippen LogP contribution >= 0.6 is 11.6 Å². The van der Waals surface area contributed by atoms with Crippen LogP contribution in [0.5, 0.6) is 0 Å². The van der Waals surface area contributed by atoms with E-state index in [0.717, 1.165) is 16.3 Å². The summed E-state index contributed by atoms with van der Waals surface area (Å²) in [4.78, 5) is 11.0. The molecule has 3 heteroatoms. The molecule has 0 heterocycles. The van der Waals surface area contributed by atoms with Crippen LogP contribution < -0.4 is 0 Å². The van der Waals surface area contributed by atoms with Gasteiger partial charge >= 0.3 is 5.97 Å². The Bertz CT molecular complexity index is 549. The first-order valence-corrected chi connectivity index (χ1v) is 5.38. The second-order valence-electron chi connectivity index (χ2n) is 3.77. The maximum absolute atomic E-state index is 11.0. The third kappa shape index (κ3) is 1.89. The molecule has 0 spiro atoms. The number of carboxylic acid groups (broad SMARTS) is 1. The van der Waals surface area contributed by atoms with Crippen molar-refractivity contribution < 1.29 is 9.90 Å². The summed E-state index contributed by atoms with van der Waals surface area (Å²) in [7, 11) is 0. The molecule has 0 bridgehead atoms. The molecule has 0 saturated carbocycles. The van der Waals surface area contributed by atoms with Gasteiger partial charge in [-0.25, -0.2) is 0 Å². The molecule has 16 heavy (non-hydrogen) atoms. The molecule has 0 aliphatic rings. The lowest BCUT2D eigenvalue weighted by molar-refractivity contribution is -0.138. The first-order chi connectivity index (χ1) is 7.59. The minimum Gasteiger partial charge on any atom is -0.481 e. The van der Waals surface area contributed by atoms with Crippen LogP contribution in [0.2, 0.25) is 5.02 Å². The van der Waals surface area contributed by atoms with E-state index in [1.54, 1.807) is 13.0 Å². The van der Waals surface area contributed by atoms with Crippen LogP contribution in [0, 0.1) is 0 Å². The zero-order valence-electron chi connectivity index (χ0n) is 8.77. The molecule has 0 radical (unpaired) electrons. The average molecular weight is 235 g/mol. The maximum Gasteiger partial charge on any atom is 0.310 e. The molecule has 1 atom stereocenters. The zero-order valence-corrected chi connectivity index (χ0v) is 9.53. The number of hydrogen-bond donors (Lipinski definition) is 1. The van der Waals surface area contributed by atoms with Gasteiger partial charge in [-0.1, -0.05) is 35.9 Å². The Hall–Kier alpha value is -1.54. The summed E-state index contributed by atoms with van der Waals surface area (Å²) in [5.74, 6) is -1.35. The van der Waals surface area contributed by atoms with E-state index < -0.39 is 11.9 Å². The number of aliphatic carboxylic acids is 1. The van der Waals surface area contributed by atoms with Gasteiger partial charge in [-0.2, -0.15) is 0 Å². The molecule has 0 saturated heterocycles. The summed E-state index contributed by atoms with van der Waals surface area (Å²) in [5, 5.41) is 11.6. The van der Waals surface area contributed by atoms with E-state index in [1.807, 2.05) is 30.3 Å². The molecule has 2 nitrogen and oxygen atoms in total. The molecular formula is C13H11ClO2. The van der Waals surface area contributed by atoms with Crippen LogP contribution in [0.1, 0.15) is 18.4 Å². The second kappa shape index (κ2) is 4.14. The van der Waals surface area contributed by atoms with E-state index in [1.165, 1.54) is 0 Å². The predicted molar refractivity (Wildman–Crippen MR) is 65.0 cm³/mol. The average Bonchev–Trinajstić information content (AvgIpc) is 2.27. The highest BCUT2D eigenvalue weighted by molar-refractivity contribution is 6.31. The molecule has 0 fully saturated rings. The Labute approximate surface area is 98.5 Å². The van der Waals surface area contributed by atoms with E-state index in [4.69, 9.17) is 16.7 Å². The third-order valence-electron chi connectivity index (χ3n) is 2.71. The Morgan fingerprint density at radius 2 is 2.06 bits per heavy atom. The summed E-state index contributed by atoms with van der Waals surface area (Å²) >= 11 is 5.93. The van der Waals surface area contributed by atoms with Crippen LogP contribution in [0.15, 0.2) is 36.4 Å². The van der Waals surface area contributed by atoms with E-state index >= 15 is 0 Å². The van der Waals surface area contributed by atoms with Crippen molar-refractivity contribution in [2.75, 3.05) is 0 Å². The fourth-order valence-electron chi connectivity index (χ4n) is 1.78. The van der Waals surface area contributed by atoms with Crippen molar-refractivity contribution in [3.05, 3.63) is 47.0 Å². The Morgan fingerprint density at radius 1 is 1.31 bits per heavy atom. The van der Waals surface area contributed by atoms with Gasteiger partial charge in [0.05, 0.1) is 5.92 Å². The molecule has 0 aromatic heterocycles. The first-order valence-electron chi connectivity index (χ1n) is 5.00. The number of fused-ring (bicyclic) bond motifs is 1. The van der Waals surface area contributed by atoms with Gasteiger partial charge in [-0.15, -0.1) is 0 Å². The fourth-order valence-corrected chi connectivity index (χ4v) is 1.95. The molecule has 0 amide bonds. The smallest absolute Gasteiger partial charge is 0.310 e. The standard InChI is InChI=1S/C13H11ClO2/c1-8(13(15)16)11-4-2-3-9-5-6-10(14)7-12(9)11/h2-8H,1H3,(H,15,16). The van der Waals surface area contributed by atoms with Crippen LogP contribution in [-0.4, -0.2) is 11.1 Å². The monoisotopic (exact) mass is 234 g/mol. The van der Waals surface area contributed by atoms with E-state index in [2.05, 4.69) is 0 Å². The lowest BCUT2D eigenvalue weighted by atomic mass is 9.95. The lowest BCUT2D eigenvalue weighted by Crippen LogP contribution is -2.07. The Morgan fingerprint density at radius 3 is 2.75 bits per heavy atom. The molecule has 1 unspecified atom stereocenters. The van der Waals surface area contributed by atoms with Gasteiger partial charge < -0.3 is 5.11 Å². The normalized spacial score (nSPS) is 12.6. The SMILES string of the molecule is CC(C(=O)O)c1cccc2ccc(Cl)cc12. The van der Waals surface area contributed by atoms with Crippen molar-refractivity contribution >= 4 is 28.3 Å². The Kier molecular flexibility index (Phi) is 2.84. The van der Waals surface area contributed by atoms with Crippen molar-refractivity contribution in [3.63, 3.8) is 0 Å². The molecule has 2 rings (SSSR count). The van der Waals surface area contributed by atoms with Gasteiger partial charge in [0.2, 0.25) is 0 Å². The molecule has 82 valence electrons. The fraction of sp³-hybridized carbons (Fsp3) is 0.154. The van der Waals surface area contributed by atoms with Crippen LogP contribution in [-0.2, 0) is 4.79 Å². The minimum absolute atomic E-state index is 0.526. The molecule has 0 aliphatic heterocycles. The third-order valence-corrected chi connectivity index (χ3v) is 2.95. The second-order valence-corrected chi connectivity index (χ2v) is 4.21. The topological polar surface area (TPSA) is 37.3 Å². The van der Waals surface area contributed by atoms with Gasteiger partial charge in [-0.05, 0) is 35.4 Å². The summed E-state index contributed by atoms with van der Waals surface area (Å²) < 4.78 is 0. The molecule has 2 aromatic rings. The quantitative estimate of drug-likeness (QED) is 0.861. The van der Waals surface area contributed by atoms with Crippen molar-refractivity contribution in [2.24, 2.45) is 0 Å². The van der Waals surface area contributed by atoms with Gasteiger partial charge in [0, 0.05) is 5.02 Å². The number of rotatable bonds is 2. The number of carbonyl (C=O) groups is 1. The minimum atomic E-state index is -0.826. The van der Waals surface area contributed by atoms with Crippen LogP contribution in [0.4, 0.5) is 0 Å². The van der Waals surface area contributed by atoms with E-state index in [-0.39, 0.29) is 0 Å². The highest BCUT2D eigenvalue weighted by Crippen LogP contribution is 2.28. The lowest BCUT2D eigenvalue weighted by Gasteiger charge is -2.10.